The summed E-state index contributed by atoms with van der Waals surface area (Å²) in [5.41, 5.74) is 2.60. The highest BCUT2D eigenvalue weighted by Gasteiger charge is 2.19. The summed E-state index contributed by atoms with van der Waals surface area (Å²) in [5, 5.41) is 22.2. The molecule has 0 spiro atoms. The van der Waals surface area contributed by atoms with Gasteiger partial charge >= 0.3 is 5.97 Å². The minimum Gasteiger partial charge on any atom is -0.481 e. The topological polar surface area (TPSA) is 84.1 Å². The first-order valence-corrected chi connectivity index (χ1v) is 11.2. The average molecular weight is 444 g/mol. The second-order valence-corrected chi connectivity index (χ2v) is 9.33. The highest BCUT2D eigenvalue weighted by atomic mass is 32.2. The fraction of sp³-hybridized carbons (Fsp3) is 0.158. The van der Waals surface area contributed by atoms with Crippen LogP contribution in [0.25, 0.3) is 16.4 Å². The lowest BCUT2D eigenvalue weighted by atomic mass is 10.2. The van der Waals surface area contributed by atoms with Crippen molar-refractivity contribution in [2.75, 3.05) is 19.0 Å². The van der Waals surface area contributed by atoms with Crippen molar-refractivity contribution in [3.05, 3.63) is 52.9 Å². The molecule has 0 fully saturated rings. The molecule has 0 atom stereocenters. The van der Waals surface area contributed by atoms with Gasteiger partial charge in [-0.3, -0.25) is 9.36 Å². The van der Waals surface area contributed by atoms with Gasteiger partial charge in [0.15, 0.2) is 10.2 Å². The number of carbonyl (C=O) groups is 1. The molecule has 0 saturated carbocycles. The lowest BCUT2D eigenvalue weighted by Crippen LogP contribution is -2.08. The maximum atomic E-state index is 10.9. The Hall–Kier alpha value is -2.69. The Balaban J connectivity index is 1.72. The van der Waals surface area contributed by atoms with Crippen LogP contribution in [0.4, 0.5) is 5.69 Å². The number of nitrogens with zero attached hydrogens (tertiary/aromatic N) is 5. The standard InChI is InChI=1S/C19H17N5O2S3/c1-23(2)13-5-7-14(8-6-13)24-17(15-4-3-9-27-15)21-22-18(24)29-19-20-12(11-28-19)10-16(25)26/h3-9,11H,10H2,1-2H3,(H,25,26). The molecule has 0 saturated heterocycles. The maximum absolute atomic E-state index is 10.9. The Kier molecular flexibility index (Phi) is 5.65. The summed E-state index contributed by atoms with van der Waals surface area (Å²) in [7, 11) is 4.01. The van der Waals surface area contributed by atoms with E-state index in [0.29, 0.717) is 10.9 Å². The molecule has 4 aromatic rings. The molecule has 4 rings (SSSR count). The van der Waals surface area contributed by atoms with Gasteiger partial charge < -0.3 is 10.0 Å². The van der Waals surface area contributed by atoms with Crippen LogP contribution < -0.4 is 4.90 Å². The van der Waals surface area contributed by atoms with E-state index in [0.717, 1.165) is 26.4 Å². The Morgan fingerprint density at radius 2 is 1.97 bits per heavy atom. The smallest absolute Gasteiger partial charge is 0.309 e. The van der Waals surface area contributed by atoms with Crippen molar-refractivity contribution in [2.24, 2.45) is 0 Å². The number of carboxylic acid groups (broad SMARTS) is 1. The molecule has 0 amide bonds. The molecule has 29 heavy (non-hydrogen) atoms. The third kappa shape index (κ3) is 4.34. The molecule has 1 aromatic carbocycles. The van der Waals surface area contributed by atoms with Crippen molar-refractivity contribution >= 4 is 46.1 Å². The van der Waals surface area contributed by atoms with Crippen LogP contribution in [0.2, 0.25) is 0 Å². The fourth-order valence-corrected chi connectivity index (χ4v) is 5.17. The van der Waals surface area contributed by atoms with Crippen molar-refractivity contribution in [3.63, 3.8) is 0 Å². The highest BCUT2D eigenvalue weighted by Crippen LogP contribution is 2.35. The second kappa shape index (κ2) is 8.36. The molecule has 0 aliphatic carbocycles. The lowest BCUT2D eigenvalue weighted by Gasteiger charge is -2.14. The summed E-state index contributed by atoms with van der Waals surface area (Å²) >= 11 is 4.39. The molecule has 1 N–H and O–H groups in total. The minimum atomic E-state index is -0.893. The first kappa shape index (κ1) is 19.6. The molecule has 0 aliphatic rings. The van der Waals surface area contributed by atoms with E-state index >= 15 is 0 Å². The summed E-state index contributed by atoms with van der Waals surface area (Å²) in [5.74, 6) is -0.126. The molecular formula is C19H17N5O2S3. The highest BCUT2D eigenvalue weighted by molar-refractivity contribution is 8.00. The minimum absolute atomic E-state index is 0.0871. The third-order valence-corrected chi connectivity index (χ3v) is 6.84. The van der Waals surface area contributed by atoms with Crippen LogP contribution in [0.3, 0.4) is 0 Å². The summed E-state index contributed by atoms with van der Waals surface area (Å²) in [6.07, 6.45) is -0.0871. The van der Waals surface area contributed by atoms with Crippen LogP contribution in [0.15, 0.2) is 56.7 Å². The van der Waals surface area contributed by atoms with Crippen LogP contribution in [-0.4, -0.2) is 44.9 Å². The first-order chi connectivity index (χ1) is 14.0. The van der Waals surface area contributed by atoms with Crippen molar-refractivity contribution in [3.8, 4) is 16.4 Å². The van der Waals surface area contributed by atoms with Crippen molar-refractivity contribution < 1.29 is 9.90 Å². The van der Waals surface area contributed by atoms with Gasteiger partial charge in [-0.15, -0.1) is 32.9 Å². The van der Waals surface area contributed by atoms with Gasteiger partial charge in [0.25, 0.3) is 0 Å². The zero-order valence-corrected chi connectivity index (χ0v) is 18.1. The van der Waals surface area contributed by atoms with Gasteiger partial charge in [0.2, 0.25) is 5.16 Å². The number of carboxylic acids is 1. The van der Waals surface area contributed by atoms with Crippen molar-refractivity contribution in [2.45, 2.75) is 15.9 Å². The van der Waals surface area contributed by atoms with Crippen LogP contribution in [0, 0.1) is 0 Å². The van der Waals surface area contributed by atoms with E-state index in [1.165, 1.54) is 23.1 Å². The van der Waals surface area contributed by atoms with Gasteiger partial charge in [-0.2, -0.15) is 0 Å². The van der Waals surface area contributed by atoms with Gasteiger partial charge in [0.1, 0.15) is 0 Å². The summed E-state index contributed by atoms with van der Waals surface area (Å²) in [4.78, 5) is 18.4. The molecule has 0 radical (unpaired) electrons. The van der Waals surface area contributed by atoms with E-state index in [9.17, 15) is 4.79 Å². The van der Waals surface area contributed by atoms with E-state index in [-0.39, 0.29) is 6.42 Å². The van der Waals surface area contributed by atoms with Crippen LogP contribution in [-0.2, 0) is 11.2 Å². The Labute approximate surface area is 179 Å². The number of rotatable bonds is 7. The fourth-order valence-electron chi connectivity index (χ4n) is 2.68. The molecule has 7 nitrogen and oxygen atoms in total. The zero-order valence-electron chi connectivity index (χ0n) is 15.6. The van der Waals surface area contributed by atoms with Gasteiger partial charge in [0.05, 0.1) is 17.0 Å². The van der Waals surface area contributed by atoms with Crippen LogP contribution in [0.1, 0.15) is 5.69 Å². The van der Waals surface area contributed by atoms with Gasteiger partial charge in [-0.25, -0.2) is 4.98 Å². The van der Waals surface area contributed by atoms with Gasteiger partial charge in [0, 0.05) is 30.9 Å². The Morgan fingerprint density at radius 3 is 2.62 bits per heavy atom. The average Bonchev–Trinajstić information content (AvgIpc) is 3.43. The van der Waals surface area contributed by atoms with Gasteiger partial charge in [-0.05, 0) is 47.5 Å². The first-order valence-electron chi connectivity index (χ1n) is 8.62. The lowest BCUT2D eigenvalue weighted by molar-refractivity contribution is -0.136. The largest absolute Gasteiger partial charge is 0.481 e. The van der Waals surface area contributed by atoms with Crippen LogP contribution >= 0.6 is 34.4 Å². The summed E-state index contributed by atoms with van der Waals surface area (Å²) < 4.78 is 2.74. The van der Waals surface area contributed by atoms with Crippen LogP contribution in [0.5, 0.6) is 0 Å². The predicted octanol–water partition coefficient (Wildman–Crippen LogP) is 4.30. The SMILES string of the molecule is CN(C)c1ccc(-n2c(Sc3nc(CC(=O)O)cs3)nnc2-c2cccs2)cc1. The van der Waals surface area contributed by atoms with Gasteiger partial charge in [-0.1, -0.05) is 6.07 Å². The summed E-state index contributed by atoms with van der Waals surface area (Å²) in [6, 6.07) is 12.2. The molecule has 0 bridgehead atoms. The quantitative estimate of drug-likeness (QED) is 0.456. The normalized spacial score (nSPS) is 11.0. The number of aromatic nitrogens is 4. The molecule has 3 heterocycles. The van der Waals surface area contributed by atoms with Crippen molar-refractivity contribution in [1.82, 2.24) is 19.7 Å². The second-order valence-electron chi connectivity index (χ2n) is 6.31. The molecule has 10 heteroatoms. The maximum Gasteiger partial charge on any atom is 0.309 e. The van der Waals surface area contributed by atoms with E-state index in [2.05, 4.69) is 27.3 Å². The van der Waals surface area contributed by atoms with E-state index < -0.39 is 5.97 Å². The molecule has 0 unspecified atom stereocenters. The number of anilines is 1. The number of hydrogen-bond acceptors (Lipinski definition) is 8. The third-order valence-electron chi connectivity index (χ3n) is 4.04. The Morgan fingerprint density at radius 1 is 1.17 bits per heavy atom. The van der Waals surface area contributed by atoms with E-state index in [1.54, 1.807) is 16.7 Å². The number of benzene rings is 1. The zero-order chi connectivity index (χ0) is 20.4. The molecular weight excluding hydrogens is 426 g/mol. The monoisotopic (exact) mass is 443 g/mol. The van der Waals surface area contributed by atoms with E-state index in [4.69, 9.17) is 5.11 Å². The Bertz CT molecular complexity index is 1120. The molecule has 148 valence electrons. The molecule has 0 aliphatic heterocycles. The number of aliphatic carboxylic acids is 1. The van der Waals surface area contributed by atoms with Crippen molar-refractivity contribution in [1.29, 1.82) is 0 Å². The number of thiazole rings is 1. The summed E-state index contributed by atoms with van der Waals surface area (Å²) in [6.45, 7) is 0. The van der Waals surface area contributed by atoms with E-state index in [1.807, 2.05) is 53.2 Å². The number of thiophene rings is 1. The predicted molar refractivity (Wildman–Crippen MR) is 117 cm³/mol. The molecule has 3 aromatic heterocycles. The number of hydrogen-bond donors (Lipinski definition) is 1.